The van der Waals surface area contributed by atoms with E-state index < -0.39 is 0 Å². The Morgan fingerprint density at radius 3 is 2.73 bits per heavy atom. The normalized spacial score (nSPS) is 10.3. The first-order chi connectivity index (χ1) is 7.25. The van der Waals surface area contributed by atoms with E-state index in [-0.39, 0.29) is 0 Å². The molecule has 2 aromatic rings. The summed E-state index contributed by atoms with van der Waals surface area (Å²) < 4.78 is 5.11. The molecule has 0 radical (unpaired) electrons. The van der Waals surface area contributed by atoms with Crippen molar-refractivity contribution in [1.82, 2.24) is 5.16 Å². The highest BCUT2D eigenvalue weighted by Crippen LogP contribution is 2.14. The van der Waals surface area contributed by atoms with Gasteiger partial charge in [0.05, 0.1) is 12.2 Å². The van der Waals surface area contributed by atoms with Crippen LogP contribution in [0.4, 0.5) is 5.69 Å². The van der Waals surface area contributed by atoms with Crippen molar-refractivity contribution in [1.29, 1.82) is 0 Å². The molecule has 0 unspecified atom stereocenters. The Balaban J connectivity index is 2.02. The number of nitrogens with zero attached hydrogens (tertiary/aromatic N) is 1. The summed E-state index contributed by atoms with van der Waals surface area (Å²) in [4.78, 5) is 0. The summed E-state index contributed by atoms with van der Waals surface area (Å²) in [5.74, 6) is 0.857. The number of rotatable bonds is 3. The van der Waals surface area contributed by atoms with E-state index in [1.54, 1.807) is 0 Å². The summed E-state index contributed by atoms with van der Waals surface area (Å²) in [7, 11) is 0. The van der Waals surface area contributed by atoms with Gasteiger partial charge in [-0.25, -0.2) is 0 Å². The van der Waals surface area contributed by atoms with E-state index in [0.717, 1.165) is 17.1 Å². The second-order valence-corrected chi connectivity index (χ2v) is 3.60. The van der Waals surface area contributed by atoms with Crippen LogP contribution in [0.15, 0.2) is 34.9 Å². The molecule has 0 aliphatic rings. The van der Waals surface area contributed by atoms with Crippen LogP contribution < -0.4 is 5.32 Å². The van der Waals surface area contributed by atoms with Crippen LogP contribution >= 0.6 is 0 Å². The average Bonchev–Trinajstić information content (AvgIpc) is 2.63. The standard InChI is InChI=1S/C12H14N2O/c1-9-5-3-4-6-12(9)13-8-11-7-10(2)14-15-11/h3-7,13H,8H2,1-2H3. The number of aryl methyl sites for hydroxylation is 2. The Bertz CT molecular complexity index is 448. The van der Waals surface area contributed by atoms with E-state index in [4.69, 9.17) is 4.52 Å². The van der Waals surface area contributed by atoms with Crippen molar-refractivity contribution < 1.29 is 4.52 Å². The highest BCUT2D eigenvalue weighted by molar-refractivity contribution is 5.50. The first-order valence-corrected chi connectivity index (χ1v) is 4.97. The van der Waals surface area contributed by atoms with Crippen LogP contribution in [-0.2, 0) is 6.54 Å². The van der Waals surface area contributed by atoms with Gasteiger partial charge in [-0.2, -0.15) is 0 Å². The number of hydrogen-bond donors (Lipinski definition) is 1. The van der Waals surface area contributed by atoms with Gasteiger partial charge in [0, 0.05) is 11.8 Å². The largest absolute Gasteiger partial charge is 0.377 e. The van der Waals surface area contributed by atoms with E-state index in [9.17, 15) is 0 Å². The predicted molar refractivity (Wildman–Crippen MR) is 59.7 cm³/mol. The molecular formula is C12H14N2O. The summed E-state index contributed by atoms with van der Waals surface area (Å²) in [6.07, 6.45) is 0. The molecule has 0 saturated heterocycles. The monoisotopic (exact) mass is 202 g/mol. The van der Waals surface area contributed by atoms with Crippen LogP contribution in [0.1, 0.15) is 17.0 Å². The molecule has 0 saturated carbocycles. The van der Waals surface area contributed by atoms with E-state index in [1.165, 1.54) is 5.56 Å². The Morgan fingerprint density at radius 2 is 2.07 bits per heavy atom. The molecule has 0 aliphatic carbocycles. The topological polar surface area (TPSA) is 38.1 Å². The molecule has 1 N–H and O–H groups in total. The van der Waals surface area contributed by atoms with Gasteiger partial charge in [0.15, 0.2) is 5.76 Å². The van der Waals surface area contributed by atoms with Gasteiger partial charge in [0.2, 0.25) is 0 Å². The zero-order chi connectivity index (χ0) is 10.7. The lowest BCUT2D eigenvalue weighted by molar-refractivity contribution is 0.384. The first-order valence-electron chi connectivity index (χ1n) is 4.97. The third-order valence-corrected chi connectivity index (χ3v) is 2.27. The zero-order valence-corrected chi connectivity index (χ0v) is 8.95. The Morgan fingerprint density at radius 1 is 1.27 bits per heavy atom. The van der Waals surface area contributed by atoms with Crippen molar-refractivity contribution in [2.75, 3.05) is 5.32 Å². The Hall–Kier alpha value is -1.77. The third-order valence-electron chi connectivity index (χ3n) is 2.27. The fourth-order valence-electron chi connectivity index (χ4n) is 1.45. The molecule has 0 fully saturated rings. The molecule has 0 aliphatic heterocycles. The average molecular weight is 202 g/mol. The molecule has 0 atom stereocenters. The van der Waals surface area contributed by atoms with Crippen LogP contribution in [0.25, 0.3) is 0 Å². The van der Waals surface area contributed by atoms with Gasteiger partial charge in [-0.3, -0.25) is 0 Å². The van der Waals surface area contributed by atoms with Crippen LogP contribution in [0.3, 0.4) is 0 Å². The van der Waals surface area contributed by atoms with Crippen molar-refractivity contribution in [2.45, 2.75) is 20.4 Å². The van der Waals surface area contributed by atoms with Crippen molar-refractivity contribution in [2.24, 2.45) is 0 Å². The summed E-state index contributed by atoms with van der Waals surface area (Å²) in [6, 6.07) is 10.1. The minimum Gasteiger partial charge on any atom is -0.377 e. The molecule has 15 heavy (non-hydrogen) atoms. The second-order valence-electron chi connectivity index (χ2n) is 3.60. The SMILES string of the molecule is Cc1cc(CNc2ccccc2C)on1. The van der Waals surface area contributed by atoms with Gasteiger partial charge >= 0.3 is 0 Å². The third kappa shape index (κ3) is 2.37. The maximum absolute atomic E-state index is 5.11. The van der Waals surface area contributed by atoms with Crippen molar-refractivity contribution in [3.8, 4) is 0 Å². The molecule has 0 bridgehead atoms. The van der Waals surface area contributed by atoms with Crippen molar-refractivity contribution in [3.63, 3.8) is 0 Å². The number of benzene rings is 1. The highest BCUT2D eigenvalue weighted by Gasteiger charge is 2.01. The molecule has 1 aromatic heterocycles. The maximum atomic E-state index is 5.11. The van der Waals surface area contributed by atoms with Crippen LogP contribution in [0.5, 0.6) is 0 Å². The lowest BCUT2D eigenvalue weighted by Gasteiger charge is -2.06. The number of aromatic nitrogens is 1. The maximum Gasteiger partial charge on any atom is 0.156 e. The zero-order valence-electron chi connectivity index (χ0n) is 8.95. The second kappa shape index (κ2) is 4.17. The van der Waals surface area contributed by atoms with E-state index >= 15 is 0 Å². The molecule has 1 aromatic carbocycles. The minimum absolute atomic E-state index is 0.672. The van der Waals surface area contributed by atoms with Crippen molar-refractivity contribution >= 4 is 5.69 Å². The molecule has 0 spiro atoms. The highest BCUT2D eigenvalue weighted by atomic mass is 16.5. The minimum atomic E-state index is 0.672. The number of anilines is 1. The summed E-state index contributed by atoms with van der Waals surface area (Å²) in [5, 5.41) is 7.15. The quantitative estimate of drug-likeness (QED) is 0.831. The lowest BCUT2D eigenvalue weighted by atomic mass is 10.2. The van der Waals surface area contributed by atoms with Gasteiger partial charge < -0.3 is 9.84 Å². The van der Waals surface area contributed by atoms with Gasteiger partial charge in [0.1, 0.15) is 0 Å². The van der Waals surface area contributed by atoms with Crippen LogP contribution in [-0.4, -0.2) is 5.16 Å². The van der Waals surface area contributed by atoms with Crippen LogP contribution in [0.2, 0.25) is 0 Å². The van der Waals surface area contributed by atoms with Crippen molar-refractivity contribution in [3.05, 3.63) is 47.3 Å². The van der Waals surface area contributed by atoms with Gasteiger partial charge in [-0.1, -0.05) is 23.4 Å². The molecule has 78 valence electrons. The number of para-hydroxylation sites is 1. The lowest BCUT2D eigenvalue weighted by Crippen LogP contribution is -1.99. The van der Waals surface area contributed by atoms with Gasteiger partial charge in [-0.05, 0) is 25.5 Å². The fraction of sp³-hybridized carbons (Fsp3) is 0.250. The summed E-state index contributed by atoms with van der Waals surface area (Å²) >= 11 is 0. The first kappa shape index (κ1) is 9.77. The number of hydrogen-bond acceptors (Lipinski definition) is 3. The molecule has 3 heteroatoms. The van der Waals surface area contributed by atoms with Gasteiger partial charge in [-0.15, -0.1) is 0 Å². The summed E-state index contributed by atoms with van der Waals surface area (Å²) in [6.45, 7) is 4.67. The number of nitrogens with one attached hydrogen (secondary N) is 1. The summed E-state index contributed by atoms with van der Waals surface area (Å²) in [5.41, 5.74) is 3.27. The van der Waals surface area contributed by atoms with E-state index in [0.29, 0.717) is 6.54 Å². The fourth-order valence-corrected chi connectivity index (χ4v) is 1.45. The van der Waals surface area contributed by atoms with Crippen LogP contribution in [0, 0.1) is 13.8 Å². The molecule has 0 amide bonds. The Labute approximate surface area is 89.1 Å². The molecule has 2 rings (SSSR count). The Kier molecular flexibility index (Phi) is 2.72. The smallest absolute Gasteiger partial charge is 0.156 e. The van der Waals surface area contributed by atoms with E-state index in [2.05, 4.69) is 29.5 Å². The molecule has 1 heterocycles. The molecule has 3 nitrogen and oxygen atoms in total. The predicted octanol–water partition coefficient (Wildman–Crippen LogP) is 2.90. The van der Waals surface area contributed by atoms with E-state index in [1.807, 2.05) is 25.1 Å². The van der Waals surface area contributed by atoms with Gasteiger partial charge in [0.25, 0.3) is 0 Å². The molecular weight excluding hydrogens is 188 g/mol.